The fourth-order valence-corrected chi connectivity index (χ4v) is 3.15. The second-order valence-electron chi connectivity index (χ2n) is 6.46. The molecule has 2 aromatic rings. The average Bonchev–Trinajstić information content (AvgIpc) is 2.67. The largest absolute Gasteiger partial charge is 0.350 e. The molecule has 1 fully saturated rings. The van der Waals surface area contributed by atoms with Crippen molar-refractivity contribution in [1.82, 2.24) is 20.2 Å². The average molecular weight is 388 g/mol. The van der Waals surface area contributed by atoms with E-state index in [0.29, 0.717) is 55.8 Å². The summed E-state index contributed by atoms with van der Waals surface area (Å²) < 4.78 is 0. The Kier molecular flexibility index (Phi) is 6.24. The van der Waals surface area contributed by atoms with Gasteiger partial charge >= 0.3 is 0 Å². The fourth-order valence-electron chi connectivity index (χ4n) is 2.94. The summed E-state index contributed by atoms with van der Waals surface area (Å²) in [6.07, 6.45) is 1.55. The van der Waals surface area contributed by atoms with Crippen LogP contribution in [-0.4, -0.2) is 59.9 Å². The summed E-state index contributed by atoms with van der Waals surface area (Å²) in [6, 6.07) is 9.26. The van der Waals surface area contributed by atoms with Gasteiger partial charge in [-0.15, -0.1) is 0 Å². The number of rotatable bonds is 6. The lowest BCUT2D eigenvalue weighted by Crippen LogP contribution is -2.46. The van der Waals surface area contributed by atoms with Gasteiger partial charge < -0.3 is 15.1 Å². The van der Waals surface area contributed by atoms with E-state index in [1.165, 1.54) is 0 Å². The number of amides is 2. The number of carbonyl (C=O) groups excluding carboxylic acids is 2. The van der Waals surface area contributed by atoms with E-state index >= 15 is 0 Å². The monoisotopic (exact) mass is 387 g/mol. The zero-order valence-electron chi connectivity index (χ0n) is 15.2. The van der Waals surface area contributed by atoms with E-state index in [-0.39, 0.29) is 5.91 Å². The van der Waals surface area contributed by atoms with Gasteiger partial charge in [-0.1, -0.05) is 23.7 Å². The van der Waals surface area contributed by atoms with Crippen LogP contribution in [0.25, 0.3) is 0 Å². The van der Waals surface area contributed by atoms with Crippen molar-refractivity contribution >= 4 is 29.9 Å². The van der Waals surface area contributed by atoms with Crippen molar-refractivity contribution in [1.29, 1.82) is 0 Å². The number of hydrogen-bond donors (Lipinski definition) is 1. The molecule has 0 spiro atoms. The normalized spacial score (nSPS) is 14.1. The molecule has 0 saturated carbocycles. The van der Waals surface area contributed by atoms with Crippen molar-refractivity contribution in [3.05, 3.63) is 52.3 Å². The van der Waals surface area contributed by atoms with Crippen LogP contribution in [0.3, 0.4) is 0 Å². The van der Waals surface area contributed by atoms with Crippen molar-refractivity contribution in [2.24, 2.45) is 0 Å². The maximum absolute atomic E-state index is 12.5. The maximum Gasteiger partial charge on any atom is 0.270 e. The highest BCUT2D eigenvalue weighted by Gasteiger charge is 2.19. The van der Waals surface area contributed by atoms with Gasteiger partial charge in [0.2, 0.25) is 12.4 Å². The lowest BCUT2D eigenvalue weighted by molar-refractivity contribution is -0.118. The Labute approximate surface area is 163 Å². The number of nitrogens with one attached hydrogen (secondary N) is 1. The summed E-state index contributed by atoms with van der Waals surface area (Å²) >= 11 is 5.98. The summed E-state index contributed by atoms with van der Waals surface area (Å²) in [5, 5.41) is 3.58. The molecule has 1 N–H and O–H groups in total. The van der Waals surface area contributed by atoms with E-state index in [2.05, 4.69) is 15.3 Å². The molecule has 2 amide bonds. The zero-order chi connectivity index (χ0) is 19.2. The third kappa shape index (κ3) is 5.17. The summed E-state index contributed by atoms with van der Waals surface area (Å²) in [5.41, 5.74) is 2.15. The van der Waals surface area contributed by atoms with E-state index in [1.807, 2.05) is 36.1 Å². The smallest absolute Gasteiger partial charge is 0.270 e. The second kappa shape index (κ2) is 8.81. The fraction of sp³-hybridized carbons (Fsp3) is 0.368. The summed E-state index contributed by atoms with van der Waals surface area (Å²) in [4.78, 5) is 35.9. The van der Waals surface area contributed by atoms with Gasteiger partial charge in [0, 0.05) is 43.4 Å². The minimum atomic E-state index is -0.227. The number of nitrogens with zero attached hydrogens (tertiary/aromatic N) is 4. The first kappa shape index (κ1) is 19.1. The van der Waals surface area contributed by atoms with Crippen molar-refractivity contribution in [3.8, 4) is 0 Å². The molecule has 1 saturated heterocycles. The molecule has 2 heterocycles. The molecule has 0 unspecified atom stereocenters. The molecule has 1 aliphatic heterocycles. The van der Waals surface area contributed by atoms with E-state index in [9.17, 15) is 9.59 Å². The molecule has 0 radical (unpaired) electrons. The van der Waals surface area contributed by atoms with Gasteiger partial charge in [0.25, 0.3) is 5.91 Å². The first-order chi connectivity index (χ1) is 13.0. The third-order valence-electron chi connectivity index (χ3n) is 4.41. The van der Waals surface area contributed by atoms with E-state index in [4.69, 9.17) is 11.6 Å². The topological polar surface area (TPSA) is 78.4 Å². The molecule has 1 aromatic heterocycles. The number of piperazine rings is 1. The number of benzene rings is 1. The molecule has 0 bridgehead atoms. The van der Waals surface area contributed by atoms with Crippen LogP contribution in [0.2, 0.25) is 5.02 Å². The van der Waals surface area contributed by atoms with Gasteiger partial charge in [0.15, 0.2) is 0 Å². The van der Waals surface area contributed by atoms with Gasteiger partial charge in [-0.25, -0.2) is 9.97 Å². The van der Waals surface area contributed by atoms with Crippen LogP contribution in [0.15, 0.2) is 30.3 Å². The Morgan fingerprint density at radius 3 is 2.70 bits per heavy atom. The molecule has 0 atom stereocenters. The number of aromatic nitrogens is 2. The Balaban J connectivity index is 1.61. The molecule has 7 nitrogen and oxygen atoms in total. The van der Waals surface area contributed by atoms with Gasteiger partial charge in [-0.05, 0) is 37.1 Å². The summed E-state index contributed by atoms with van der Waals surface area (Å²) in [7, 11) is 0. The minimum Gasteiger partial charge on any atom is -0.350 e. The third-order valence-corrected chi connectivity index (χ3v) is 4.64. The number of hydrogen-bond acceptors (Lipinski definition) is 5. The first-order valence-electron chi connectivity index (χ1n) is 8.88. The van der Waals surface area contributed by atoms with Crippen LogP contribution in [-0.2, 0) is 11.2 Å². The van der Waals surface area contributed by atoms with Crippen molar-refractivity contribution in [2.45, 2.75) is 13.3 Å². The van der Waals surface area contributed by atoms with E-state index < -0.39 is 0 Å². The maximum atomic E-state index is 12.5. The van der Waals surface area contributed by atoms with Crippen LogP contribution in [0.5, 0.6) is 0 Å². The molecular formula is C19H22ClN5O2. The molecular weight excluding hydrogens is 366 g/mol. The highest BCUT2D eigenvalue weighted by Crippen LogP contribution is 2.13. The van der Waals surface area contributed by atoms with Crippen molar-refractivity contribution in [2.75, 3.05) is 37.6 Å². The van der Waals surface area contributed by atoms with E-state index in [1.54, 1.807) is 11.0 Å². The molecule has 1 aromatic carbocycles. The Bertz CT molecular complexity index is 821. The molecule has 142 valence electrons. The molecule has 1 aliphatic rings. The Morgan fingerprint density at radius 1 is 1.22 bits per heavy atom. The second-order valence-corrected chi connectivity index (χ2v) is 6.90. The summed E-state index contributed by atoms with van der Waals surface area (Å²) in [5.74, 6) is 0.302. The predicted octanol–water partition coefficient (Wildman–Crippen LogP) is 1.69. The lowest BCUT2D eigenvalue weighted by atomic mass is 10.1. The Hall–Kier alpha value is -2.67. The van der Waals surface area contributed by atoms with Crippen LogP contribution >= 0.6 is 11.6 Å². The quantitative estimate of drug-likeness (QED) is 0.763. The van der Waals surface area contributed by atoms with Crippen LogP contribution in [0.1, 0.15) is 21.7 Å². The Morgan fingerprint density at radius 2 is 2.00 bits per heavy atom. The number of aryl methyl sites for hydroxylation is 1. The molecule has 8 heteroatoms. The lowest BCUT2D eigenvalue weighted by Gasteiger charge is -2.32. The van der Waals surface area contributed by atoms with Crippen molar-refractivity contribution in [3.63, 3.8) is 0 Å². The number of anilines is 1. The summed E-state index contributed by atoms with van der Waals surface area (Å²) in [6.45, 7) is 4.89. The highest BCUT2D eigenvalue weighted by molar-refractivity contribution is 6.30. The number of carbonyl (C=O) groups is 2. The number of halogens is 1. The molecule has 27 heavy (non-hydrogen) atoms. The standard InChI is InChI=1S/C19H22ClN5O2/c1-14-11-17(18(27)21-6-5-15-3-2-4-16(20)12-15)23-19(22-14)25-9-7-24(13-26)8-10-25/h2-4,11-13H,5-10H2,1H3,(H,21,27). The van der Waals surface area contributed by atoms with Gasteiger partial charge in [-0.3, -0.25) is 9.59 Å². The van der Waals surface area contributed by atoms with Crippen LogP contribution in [0, 0.1) is 6.92 Å². The molecule has 3 rings (SSSR count). The van der Waals surface area contributed by atoms with Gasteiger partial charge in [0.05, 0.1) is 0 Å². The zero-order valence-corrected chi connectivity index (χ0v) is 15.9. The van der Waals surface area contributed by atoms with Crippen molar-refractivity contribution < 1.29 is 9.59 Å². The predicted molar refractivity (Wildman–Crippen MR) is 104 cm³/mol. The van der Waals surface area contributed by atoms with Gasteiger partial charge in [0.1, 0.15) is 5.69 Å². The first-order valence-corrected chi connectivity index (χ1v) is 9.25. The SMILES string of the molecule is Cc1cc(C(=O)NCCc2cccc(Cl)c2)nc(N2CCN(C=O)CC2)n1. The minimum absolute atomic E-state index is 0.227. The van der Waals surface area contributed by atoms with Crippen LogP contribution in [0.4, 0.5) is 5.95 Å². The highest BCUT2D eigenvalue weighted by atomic mass is 35.5. The molecule has 0 aliphatic carbocycles. The van der Waals surface area contributed by atoms with E-state index in [0.717, 1.165) is 17.7 Å². The van der Waals surface area contributed by atoms with Crippen LogP contribution < -0.4 is 10.2 Å². The van der Waals surface area contributed by atoms with Gasteiger partial charge in [-0.2, -0.15) is 0 Å².